The van der Waals surface area contributed by atoms with Crippen LogP contribution < -0.4 is 10.6 Å². The van der Waals surface area contributed by atoms with Crippen molar-refractivity contribution in [3.05, 3.63) is 95.1 Å². The van der Waals surface area contributed by atoms with Gasteiger partial charge in [0.15, 0.2) is 0 Å². The van der Waals surface area contributed by atoms with Gasteiger partial charge in [0.05, 0.1) is 0 Å². The SMILES string of the molecule is CC(=O)Nc1ccc(NC(=O)c2ccccc2Cc2ccccc2)cc1C. The van der Waals surface area contributed by atoms with Crippen molar-refractivity contribution in [2.75, 3.05) is 10.6 Å². The van der Waals surface area contributed by atoms with E-state index in [4.69, 9.17) is 0 Å². The van der Waals surface area contributed by atoms with Crippen molar-refractivity contribution in [3.63, 3.8) is 0 Å². The third-order valence-corrected chi connectivity index (χ3v) is 4.29. The van der Waals surface area contributed by atoms with Gasteiger partial charge >= 0.3 is 0 Å². The van der Waals surface area contributed by atoms with E-state index in [0.717, 1.165) is 22.4 Å². The Morgan fingerprint density at radius 3 is 2.26 bits per heavy atom. The fourth-order valence-electron chi connectivity index (χ4n) is 2.98. The Hall–Kier alpha value is -3.40. The molecule has 0 fully saturated rings. The van der Waals surface area contributed by atoms with E-state index in [1.54, 1.807) is 12.1 Å². The Morgan fingerprint density at radius 2 is 1.56 bits per heavy atom. The van der Waals surface area contributed by atoms with Crippen molar-refractivity contribution in [1.29, 1.82) is 0 Å². The lowest BCUT2D eigenvalue weighted by molar-refractivity contribution is -0.114. The zero-order valence-corrected chi connectivity index (χ0v) is 15.5. The minimum Gasteiger partial charge on any atom is -0.326 e. The summed E-state index contributed by atoms with van der Waals surface area (Å²) in [6, 6.07) is 23.2. The zero-order chi connectivity index (χ0) is 19.2. The van der Waals surface area contributed by atoms with Crippen molar-refractivity contribution >= 4 is 23.2 Å². The quantitative estimate of drug-likeness (QED) is 0.688. The minimum absolute atomic E-state index is 0.121. The first kappa shape index (κ1) is 18.4. The van der Waals surface area contributed by atoms with Crippen LogP contribution in [0.4, 0.5) is 11.4 Å². The number of aryl methyl sites for hydroxylation is 1. The van der Waals surface area contributed by atoms with Gasteiger partial charge in [-0.1, -0.05) is 48.5 Å². The second-order valence-corrected chi connectivity index (χ2v) is 6.48. The molecule has 3 aromatic carbocycles. The number of carbonyl (C=O) groups excluding carboxylic acids is 2. The van der Waals surface area contributed by atoms with Crippen LogP contribution in [0.15, 0.2) is 72.8 Å². The maximum atomic E-state index is 12.8. The first-order valence-corrected chi connectivity index (χ1v) is 8.84. The highest BCUT2D eigenvalue weighted by Crippen LogP contribution is 2.21. The molecule has 0 bridgehead atoms. The van der Waals surface area contributed by atoms with Gasteiger partial charge in [0.1, 0.15) is 0 Å². The molecule has 0 aliphatic heterocycles. The lowest BCUT2D eigenvalue weighted by Crippen LogP contribution is -2.15. The first-order valence-electron chi connectivity index (χ1n) is 8.84. The number of carbonyl (C=O) groups is 2. The van der Waals surface area contributed by atoms with Gasteiger partial charge in [-0.15, -0.1) is 0 Å². The third kappa shape index (κ3) is 4.82. The summed E-state index contributed by atoms with van der Waals surface area (Å²) in [5.41, 5.74) is 5.12. The van der Waals surface area contributed by atoms with Crippen LogP contribution >= 0.6 is 0 Å². The van der Waals surface area contributed by atoms with Crippen molar-refractivity contribution in [1.82, 2.24) is 0 Å². The number of hydrogen-bond donors (Lipinski definition) is 2. The number of nitrogens with one attached hydrogen (secondary N) is 2. The maximum absolute atomic E-state index is 12.8. The molecule has 3 aromatic rings. The molecule has 0 aliphatic rings. The van der Waals surface area contributed by atoms with E-state index in [9.17, 15) is 9.59 Å². The summed E-state index contributed by atoms with van der Waals surface area (Å²) < 4.78 is 0. The largest absolute Gasteiger partial charge is 0.326 e. The van der Waals surface area contributed by atoms with Gasteiger partial charge in [-0.2, -0.15) is 0 Å². The van der Waals surface area contributed by atoms with Gasteiger partial charge in [-0.25, -0.2) is 0 Å². The van der Waals surface area contributed by atoms with Crippen molar-refractivity contribution < 1.29 is 9.59 Å². The Kier molecular flexibility index (Phi) is 5.67. The second kappa shape index (κ2) is 8.32. The summed E-state index contributed by atoms with van der Waals surface area (Å²) in [5, 5.41) is 5.72. The van der Waals surface area contributed by atoms with Gasteiger partial charge in [0.25, 0.3) is 5.91 Å². The highest BCUT2D eigenvalue weighted by Gasteiger charge is 2.12. The predicted octanol–water partition coefficient (Wildman–Crippen LogP) is 4.80. The lowest BCUT2D eigenvalue weighted by atomic mass is 9.99. The lowest BCUT2D eigenvalue weighted by Gasteiger charge is -2.12. The van der Waals surface area contributed by atoms with Crippen molar-refractivity contribution in [2.45, 2.75) is 20.3 Å². The van der Waals surface area contributed by atoms with Gasteiger partial charge in [-0.05, 0) is 54.3 Å². The Balaban J connectivity index is 1.79. The highest BCUT2D eigenvalue weighted by molar-refractivity contribution is 6.05. The molecule has 3 rings (SSSR count). The number of anilines is 2. The van der Waals surface area contributed by atoms with Crippen LogP contribution in [-0.4, -0.2) is 11.8 Å². The average molecular weight is 358 g/mol. The van der Waals surface area contributed by atoms with E-state index in [2.05, 4.69) is 22.8 Å². The molecule has 2 N–H and O–H groups in total. The van der Waals surface area contributed by atoms with E-state index in [-0.39, 0.29) is 11.8 Å². The number of hydrogen-bond acceptors (Lipinski definition) is 2. The molecule has 0 aromatic heterocycles. The third-order valence-electron chi connectivity index (χ3n) is 4.29. The van der Waals surface area contributed by atoms with Gasteiger partial charge in [-0.3, -0.25) is 9.59 Å². The molecule has 136 valence electrons. The number of amides is 2. The molecule has 4 nitrogen and oxygen atoms in total. The first-order chi connectivity index (χ1) is 13.0. The Labute approximate surface area is 159 Å². The molecule has 27 heavy (non-hydrogen) atoms. The highest BCUT2D eigenvalue weighted by atomic mass is 16.2. The molecule has 0 unspecified atom stereocenters. The molecule has 0 atom stereocenters. The van der Waals surface area contributed by atoms with Gasteiger partial charge in [0.2, 0.25) is 5.91 Å². The summed E-state index contributed by atoms with van der Waals surface area (Å²) in [6.45, 7) is 3.36. The van der Waals surface area contributed by atoms with E-state index in [1.807, 2.05) is 55.5 Å². The van der Waals surface area contributed by atoms with E-state index in [1.165, 1.54) is 6.92 Å². The molecular formula is C23H22N2O2. The van der Waals surface area contributed by atoms with Crippen LogP contribution in [-0.2, 0) is 11.2 Å². The fraction of sp³-hybridized carbons (Fsp3) is 0.130. The number of benzene rings is 3. The summed E-state index contributed by atoms with van der Waals surface area (Å²) in [7, 11) is 0. The Bertz CT molecular complexity index is 965. The molecule has 0 saturated heterocycles. The van der Waals surface area contributed by atoms with E-state index in [0.29, 0.717) is 17.7 Å². The molecule has 0 aliphatic carbocycles. The van der Waals surface area contributed by atoms with Crippen LogP contribution in [0.2, 0.25) is 0 Å². The summed E-state index contributed by atoms with van der Waals surface area (Å²) in [5.74, 6) is -0.266. The normalized spacial score (nSPS) is 10.3. The van der Waals surface area contributed by atoms with Crippen LogP contribution in [0, 0.1) is 6.92 Å². The molecule has 0 radical (unpaired) electrons. The van der Waals surface area contributed by atoms with Crippen LogP contribution in [0.25, 0.3) is 0 Å². The number of rotatable bonds is 5. The smallest absolute Gasteiger partial charge is 0.255 e. The van der Waals surface area contributed by atoms with Crippen molar-refractivity contribution in [2.24, 2.45) is 0 Å². The van der Waals surface area contributed by atoms with Crippen LogP contribution in [0.3, 0.4) is 0 Å². The molecule has 4 heteroatoms. The minimum atomic E-state index is -0.145. The predicted molar refractivity (Wildman–Crippen MR) is 109 cm³/mol. The molecule has 0 heterocycles. The van der Waals surface area contributed by atoms with Crippen LogP contribution in [0.1, 0.15) is 34.0 Å². The zero-order valence-electron chi connectivity index (χ0n) is 15.5. The molecule has 0 spiro atoms. The maximum Gasteiger partial charge on any atom is 0.255 e. The molecular weight excluding hydrogens is 336 g/mol. The average Bonchev–Trinajstić information content (AvgIpc) is 2.65. The van der Waals surface area contributed by atoms with Gasteiger partial charge < -0.3 is 10.6 Å². The second-order valence-electron chi connectivity index (χ2n) is 6.48. The van der Waals surface area contributed by atoms with Gasteiger partial charge in [0, 0.05) is 23.9 Å². The Morgan fingerprint density at radius 1 is 0.852 bits per heavy atom. The summed E-state index contributed by atoms with van der Waals surface area (Å²) >= 11 is 0. The van der Waals surface area contributed by atoms with Crippen LogP contribution in [0.5, 0.6) is 0 Å². The molecule has 0 saturated carbocycles. The topological polar surface area (TPSA) is 58.2 Å². The van der Waals surface area contributed by atoms with E-state index >= 15 is 0 Å². The van der Waals surface area contributed by atoms with Crippen molar-refractivity contribution in [3.8, 4) is 0 Å². The molecule has 2 amide bonds. The summed E-state index contributed by atoms with van der Waals surface area (Å²) in [6.07, 6.45) is 0.699. The summed E-state index contributed by atoms with van der Waals surface area (Å²) in [4.78, 5) is 24.0. The van der Waals surface area contributed by atoms with E-state index < -0.39 is 0 Å². The monoisotopic (exact) mass is 358 g/mol. The standard InChI is InChI=1S/C23H22N2O2/c1-16-14-20(12-13-22(16)24-17(2)26)25-23(27)21-11-7-6-10-19(21)15-18-8-4-3-5-9-18/h3-14H,15H2,1-2H3,(H,24,26)(H,25,27). The fourth-order valence-corrected chi connectivity index (χ4v) is 2.98.